The zero-order valence-corrected chi connectivity index (χ0v) is 50.2. The Morgan fingerprint density at radius 2 is 1.36 bits per heavy atom. The smallest absolute Gasteiger partial charge is 0.410 e. The van der Waals surface area contributed by atoms with Crippen molar-refractivity contribution in [3.05, 3.63) is 59.7 Å². The molecule has 0 spiro atoms. The Morgan fingerprint density at radius 3 is 1.95 bits per heavy atom. The minimum absolute atomic E-state index is 0.100. The van der Waals surface area contributed by atoms with Gasteiger partial charge in [-0.15, -0.1) is 0 Å². The van der Waals surface area contributed by atoms with Crippen LogP contribution in [0, 0.1) is 5.92 Å². The maximum atomic E-state index is 15.2. The molecule has 87 heavy (non-hydrogen) atoms. The molecule has 3 heterocycles. The number of β-amino-alcohol motifs (C(OH)–C–C–N with tert-alkyl or cyclic N) is 1. The molecule has 2 aromatic rings. The molecule has 13 atom stereocenters. The van der Waals surface area contributed by atoms with Crippen LogP contribution in [0.2, 0.25) is 0 Å². The number of alkyl carbamates (subject to hydrolysis) is 1. The molecule has 3 saturated heterocycles. The molecule has 13 N–H and O–H groups in total. The maximum Gasteiger partial charge on any atom is 0.410 e. The fraction of sp³-hybridized carbons (Fsp3) is 0.636. The second-order valence-electron chi connectivity index (χ2n) is 23.7. The number of ether oxygens (including phenoxy) is 3. The van der Waals surface area contributed by atoms with Crippen molar-refractivity contribution in [1.82, 2.24) is 41.3 Å². The fourth-order valence-corrected chi connectivity index (χ4v) is 10.2. The summed E-state index contributed by atoms with van der Waals surface area (Å²) in [7, 11) is -5.51. The van der Waals surface area contributed by atoms with Gasteiger partial charge in [0.05, 0.1) is 55.9 Å². The van der Waals surface area contributed by atoms with Gasteiger partial charge in [0.15, 0.2) is 11.5 Å². The third kappa shape index (κ3) is 20.3. The first-order valence-corrected chi connectivity index (χ1v) is 29.4. The van der Waals surface area contributed by atoms with Crippen molar-refractivity contribution in [2.75, 3.05) is 39.4 Å². The van der Waals surface area contributed by atoms with Crippen LogP contribution in [0.3, 0.4) is 0 Å². The van der Waals surface area contributed by atoms with E-state index in [1.54, 1.807) is 30.3 Å². The molecule has 8 amide bonds. The summed E-state index contributed by atoms with van der Waals surface area (Å²) in [6, 6.07) is -1.56. The molecule has 0 aliphatic carbocycles. The number of hydrogen-bond donors (Lipinski definition) is 13. The van der Waals surface area contributed by atoms with Crippen LogP contribution in [-0.2, 0) is 61.7 Å². The van der Waals surface area contributed by atoms with Gasteiger partial charge >= 0.3 is 12.2 Å². The van der Waals surface area contributed by atoms with Gasteiger partial charge in [0.25, 0.3) is 10.4 Å². The van der Waals surface area contributed by atoms with Gasteiger partial charge in [-0.1, -0.05) is 43.3 Å². The van der Waals surface area contributed by atoms with Gasteiger partial charge < -0.3 is 105 Å². The van der Waals surface area contributed by atoms with Crippen molar-refractivity contribution in [1.29, 1.82) is 0 Å². The third-order valence-corrected chi connectivity index (χ3v) is 14.6. The lowest BCUT2D eigenvalue weighted by molar-refractivity contribution is -0.147. The van der Waals surface area contributed by atoms with Gasteiger partial charge in [0, 0.05) is 51.4 Å². The van der Waals surface area contributed by atoms with E-state index in [1.165, 1.54) is 60.6 Å². The average Bonchev–Trinajstić information content (AvgIpc) is 1.93. The van der Waals surface area contributed by atoms with Crippen molar-refractivity contribution in [3.63, 3.8) is 0 Å². The molecule has 3 aliphatic rings. The summed E-state index contributed by atoms with van der Waals surface area (Å²) in [6.45, 7) is 7.28. The molecule has 0 radical (unpaired) electrons. The number of carbonyl (C=O) groups is 8. The van der Waals surface area contributed by atoms with Gasteiger partial charge in [-0.2, -0.15) is 0 Å². The van der Waals surface area contributed by atoms with Crippen LogP contribution in [0.4, 0.5) is 9.59 Å². The summed E-state index contributed by atoms with van der Waals surface area (Å²) >= 11 is 0. The first kappa shape index (κ1) is 70.7. The van der Waals surface area contributed by atoms with Crippen LogP contribution in [-0.4, -0.2) is 246 Å². The second kappa shape index (κ2) is 30.3. The summed E-state index contributed by atoms with van der Waals surface area (Å²) in [4.78, 5) is 117. The molecule has 0 bridgehead atoms. The highest BCUT2D eigenvalue weighted by Gasteiger charge is 2.50. The van der Waals surface area contributed by atoms with Crippen molar-refractivity contribution >= 4 is 58.0 Å². The quantitative estimate of drug-likeness (QED) is 0.0532. The van der Waals surface area contributed by atoms with E-state index in [0.717, 1.165) is 27.7 Å². The van der Waals surface area contributed by atoms with E-state index in [1.807, 2.05) is 0 Å². The van der Waals surface area contributed by atoms with E-state index < -0.39 is 225 Å². The Hall–Kier alpha value is -7.01. The van der Waals surface area contributed by atoms with E-state index in [9.17, 15) is 82.6 Å². The van der Waals surface area contributed by atoms with E-state index in [-0.39, 0.29) is 17.9 Å². The lowest BCUT2D eigenvalue weighted by Crippen LogP contribution is -2.64. The molecule has 0 aromatic heterocycles. The Kier molecular flexibility index (Phi) is 24.6. The van der Waals surface area contributed by atoms with Crippen molar-refractivity contribution in [3.8, 4) is 11.5 Å². The first-order valence-electron chi connectivity index (χ1n) is 28.0. The molecule has 3 aliphatic heterocycles. The summed E-state index contributed by atoms with van der Waals surface area (Å²) in [5, 5.41) is 101. The summed E-state index contributed by atoms with van der Waals surface area (Å²) in [5.41, 5.74) is -1.76. The molecular weight excluding hydrogens is 1170 g/mol. The molecule has 5 rings (SSSR count). The molecule has 3 fully saturated rings. The third-order valence-electron chi connectivity index (χ3n) is 14.2. The van der Waals surface area contributed by atoms with Crippen molar-refractivity contribution < 1.29 is 111 Å². The van der Waals surface area contributed by atoms with Gasteiger partial charge in [-0.3, -0.25) is 28.8 Å². The first-order chi connectivity index (χ1) is 40.5. The van der Waals surface area contributed by atoms with Crippen LogP contribution in [0.25, 0.3) is 0 Å². The highest BCUT2D eigenvalue weighted by atomic mass is 32.3. The second-order valence-corrected chi connectivity index (χ2v) is 24.7. The van der Waals surface area contributed by atoms with Gasteiger partial charge in [0.2, 0.25) is 35.4 Å². The summed E-state index contributed by atoms with van der Waals surface area (Å²) < 4.78 is 57.2. The maximum absolute atomic E-state index is 15.2. The number of hydrogen-bond acceptors (Lipinski definition) is 23. The van der Waals surface area contributed by atoms with Crippen molar-refractivity contribution in [2.45, 2.75) is 178 Å². The average molecular weight is 1250 g/mol. The lowest BCUT2D eigenvalue weighted by Gasteiger charge is -2.35. The number of benzene rings is 2. The fourth-order valence-electron chi connectivity index (χ4n) is 9.87. The predicted octanol–water partition coefficient (Wildman–Crippen LogP) is -3.87. The van der Waals surface area contributed by atoms with Crippen LogP contribution in [0.5, 0.6) is 11.5 Å². The SMILES string of the molecule is C[C@@H](O)C1NC(=O)C(NC(=O)OC(C)(C)C)C[C@@H](O)CNC(=O)[C@@H]2[C@@H](O)[C@@H](C)CN2C(=O)[C@H]([C@H](O)CCN(C(=O)OC(C)(C)C)C(CO)CO)NC(=O)[C@H]([C@H](O)Cc2ccc(OCc3ccccc3)c(OS(=O)(=O)[O-])c2)NC(=O)[C@@H]2C[C@@H](O)CN2C1=O. The van der Waals surface area contributed by atoms with Gasteiger partial charge in [0.1, 0.15) is 54.1 Å². The Labute approximate surface area is 502 Å². The topological polar surface area (TPSA) is 462 Å². The zero-order valence-electron chi connectivity index (χ0n) is 49.4. The minimum atomic E-state index is -5.51. The number of amides is 8. The molecule has 2 aromatic carbocycles. The summed E-state index contributed by atoms with van der Waals surface area (Å²) in [5.74, 6) is -9.56. The summed E-state index contributed by atoms with van der Waals surface area (Å²) in [6.07, 6.45) is -16.2. The molecular formula is C55H81N8O23S-. The molecule has 31 nitrogen and oxygen atoms in total. The number of nitrogens with zero attached hydrogens (tertiary/aromatic N) is 3. The van der Waals surface area contributed by atoms with Gasteiger partial charge in [-0.25, -0.2) is 18.0 Å². The van der Waals surface area contributed by atoms with Gasteiger partial charge in [-0.05, 0) is 78.1 Å². The van der Waals surface area contributed by atoms with E-state index in [0.29, 0.717) is 5.56 Å². The number of rotatable bonds is 17. The number of aliphatic hydroxyl groups excluding tert-OH is 8. The number of fused-ring (bicyclic) bond motifs is 2. The largest absolute Gasteiger partial charge is 0.716 e. The highest BCUT2D eigenvalue weighted by Crippen LogP contribution is 2.32. The molecule has 32 heteroatoms. The van der Waals surface area contributed by atoms with Crippen molar-refractivity contribution in [2.24, 2.45) is 5.92 Å². The standard InChI is InChI=1S/C55H82N8O23S/c1-28-23-63-44(45(28)71)49(75)56-22-33(67)20-35(57-52(78)84-54(3,4)5)46(72)58-41(29(2)66)50(76)62-24-34(68)21-36(62)47(73)59-42(38(70)18-31-14-15-39(40(19-31)86-87(80,81)82)83-27-30-12-10-9-11-13-30)48(74)60-43(51(63)77)37(69)16-17-61(32(25-64)26-65)53(79)85-55(6,7)8/h9-15,19,28-29,32-38,41-45,64-71H,16-18,20-27H2,1-8H3,(H,56,75)(H,57,78)(H,58,72)(H,59,73)(H,60,74)(H,80,81,82)/p-1/t28-,29+,33+,34+,35?,36-,37+,38+,41?,42-,43-,44-,45-/m0/s1. The van der Waals surface area contributed by atoms with Crippen LogP contribution < -0.4 is 35.5 Å². The van der Waals surface area contributed by atoms with Crippen LogP contribution >= 0.6 is 0 Å². The predicted molar refractivity (Wildman–Crippen MR) is 300 cm³/mol. The van der Waals surface area contributed by atoms with E-state index in [2.05, 4.69) is 26.6 Å². The highest BCUT2D eigenvalue weighted by molar-refractivity contribution is 7.81. The minimum Gasteiger partial charge on any atom is -0.716 e. The Bertz CT molecular complexity index is 2850. The van der Waals surface area contributed by atoms with Crippen LogP contribution in [0.1, 0.15) is 85.8 Å². The number of carbonyl (C=O) groups excluding carboxylic acids is 8. The normalized spacial score (nSPS) is 26.0. The molecule has 486 valence electrons. The Morgan fingerprint density at radius 1 is 0.747 bits per heavy atom. The van der Waals surface area contributed by atoms with E-state index >= 15 is 9.59 Å². The van der Waals surface area contributed by atoms with E-state index in [4.69, 9.17) is 18.4 Å². The Balaban J connectivity index is 1.67. The number of nitrogens with one attached hydrogen (secondary N) is 5. The molecule has 0 saturated carbocycles. The lowest BCUT2D eigenvalue weighted by atomic mass is 9.98. The van der Waals surface area contributed by atoms with Crippen LogP contribution in [0.15, 0.2) is 48.5 Å². The number of aliphatic hydroxyl groups is 8. The zero-order chi connectivity index (χ0) is 65.0. The molecule has 2 unspecified atom stereocenters. The monoisotopic (exact) mass is 1250 g/mol.